The average Bonchev–Trinajstić information content (AvgIpc) is 4.04. The number of nitrogens with one attached hydrogen (secondary N) is 4. The second kappa shape index (κ2) is 16.3. The van der Waals surface area contributed by atoms with Crippen LogP contribution in [0.2, 0.25) is 0 Å². The summed E-state index contributed by atoms with van der Waals surface area (Å²) in [4.78, 5) is 72.9. The highest BCUT2D eigenvalue weighted by Crippen LogP contribution is 2.42. The number of imidazole rings is 2. The minimum Gasteiger partial charge on any atom is -0.453 e. The number of hydrogen-bond acceptors (Lipinski definition) is 10. The molecule has 0 bridgehead atoms. The van der Waals surface area contributed by atoms with E-state index >= 15 is 0 Å². The average molecular weight is 799 g/mol. The summed E-state index contributed by atoms with van der Waals surface area (Å²) >= 11 is 3.41. The number of alkyl carbamates (subject to hydrolysis) is 2. The van der Waals surface area contributed by atoms with E-state index in [0.29, 0.717) is 18.9 Å². The van der Waals surface area contributed by atoms with Gasteiger partial charge in [0.25, 0.3) is 0 Å². The summed E-state index contributed by atoms with van der Waals surface area (Å²) < 4.78 is 11.8. The summed E-state index contributed by atoms with van der Waals surface area (Å²) in [6, 6.07) is 10.8. The van der Waals surface area contributed by atoms with Gasteiger partial charge in [-0.05, 0) is 47.9 Å². The quantitative estimate of drug-likeness (QED) is 0.101. The number of hydrogen-bond donors (Lipinski definition) is 4. The number of likely N-dealkylation sites (tertiary alicyclic amines) is 1. The van der Waals surface area contributed by atoms with Gasteiger partial charge in [0.05, 0.1) is 48.9 Å². The number of methoxy groups -OCH3 is 2. The molecule has 0 saturated carbocycles. The first-order valence-electron chi connectivity index (χ1n) is 18.7. The zero-order chi connectivity index (χ0) is 39.7. The van der Waals surface area contributed by atoms with Crippen LogP contribution in [-0.4, -0.2) is 93.1 Å². The van der Waals surface area contributed by atoms with E-state index in [1.54, 1.807) is 33.8 Å². The molecule has 4 aromatic heterocycles. The first-order chi connectivity index (χ1) is 26.9. The fraction of sp³-hybridized carbons (Fsp3) is 0.400. The molecule has 0 aliphatic carbocycles. The molecule has 14 nitrogen and oxygen atoms in total. The molecule has 1 aromatic carbocycles. The number of carbonyl (C=O) groups excluding carboxylic acids is 4. The van der Waals surface area contributed by atoms with Crippen molar-refractivity contribution in [2.75, 3.05) is 27.3 Å². The van der Waals surface area contributed by atoms with Crippen molar-refractivity contribution in [2.24, 2.45) is 11.8 Å². The fourth-order valence-electron chi connectivity index (χ4n) is 7.25. The Morgan fingerprint density at radius 2 is 1.32 bits per heavy atom. The fourth-order valence-corrected chi connectivity index (χ4v) is 9.61. The molecule has 4 amide bonds. The van der Waals surface area contributed by atoms with Crippen molar-refractivity contribution < 1.29 is 28.7 Å². The number of ether oxygens (including phenoxy) is 2. The van der Waals surface area contributed by atoms with Gasteiger partial charge in [-0.2, -0.15) is 0 Å². The molecular formula is C40H46N8O6S2. The standard InChI is InChI=1S/C40H46N8O6S2/c1-21(2)33(45-39(51)53-5)37(49)47-15-7-9-27(47)35-41-19-25(43-35)23-11-13-24(14-12-23)29-17-31-32(55-29)18-30(56-31)26-20-42-36(44-26)28-10-8-16-48(28)38(50)34(22(3)4)46-40(52)54-6/h8,10-14,17-22,27-28,33-34H,7,9,15-16H2,1-6H3,(H,41,43)(H,42,44)(H,45,51)(H,46,52)/t27-,28-,33-,34-/m0/s1. The lowest BCUT2D eigenvalue weighted by Crippen LogP contribution is -2.51. The number of benzene rings is 1. The largest absolute Gasteiger partial charge is 0.453 e. The number of aromatic amines is 2. The van der Waals surface area contributed by atoms with Crippen LogP contribution >= 0.6 is 22.7 Å². The highest BCUT2D eigenvalue weighted by Gasteiger charge is 2.38. The third-order valence-corrected chi connectivity index (χ3v) is 12.7. The monoisotopic (exact) mass is 798 g/mol. The van der Waals surface area contributed by atoms with Gasteiger partial charge in [0, 0.05) is 27.4 Å². The van der Waals surface area contributed by atoms with Gasteiger partial charge in [0.1, 0.15) is 29.8 Å². The molecule has 1 saturated heterocycles. The lowest BCUT2D eigenvalue weighted by Gasteiger charge is -2.30. The third-order valence-electron chi connectivity index (χ3n) is 10.3. The van der Waals surface area contributed by atoms with Gasteiger partial charge in [-0.15, -0.1) is 22.7 Å². The zero-order valence-corrected chi connectivity index (χ0v) is 33.8. The number of H-pyrrole nitrogens is 2. The van der Waals surface area contributed by atoms with E-state index in [-0.39, 0.29) is 35.7 Å². The predicted octanol–water partition coefficient (Wildman–Crippen LogP) is 7.27. The smallest absolute Gasteiger partial charge is 0.407 e. The van der Waals surface area contributed by atoms with E-state index in [9.17, 15) is 19.2 Å². The molecule has 0 radical (unpaired) electrons. The molecule has 7 rings (SSSR count). The lowest BCUT2D eigenvalue weighted by molar-refractivity contribution is -0.136. The molecule has 6 heterocycles. The highest BCUT2D eigenvalue weighted by molar-refractivity contribution is 7.31. The highest BCUT2D eigenvalue weighted by atomic mass is 32.1. The summed E-state index contributed by atoms with van der Waals surface area (Å²) in [5, 5.41) is 5.37. The topological polar surface area (TPSA) is 175 Å². The maximum atomic E-state index is 13.5. The summed E-state index contributed by atoms with van der Waals surface area (Å²) in [6.45, 7) is 8.60. The van der Waals surface area contributed by atoms with Crippen LogP contribution in [0.1, 0.15) is 64.3 Å². The number of fused-ring (bicyclic) bond motifs is 1. The second-order valence-corrected chi connectivity index (χ2v) is 16.8. The summed E-state index contributed by atoms with van der Waals surface area (Å²) in [7, 11) is 2.57. The van der Waals surface area contributed by atoms with Crippen LogP contribution in [0.25, 0.3) is 41.7 Å². The maximum absolute atomic E-state index is 13.5. The van der Waals surface area contributed by atoms with E-state index < -0.39 is 24.3 Å². The predicted molar refractivity (Wildman–Crippen MR) is 216 cm³/mol. The Labute approximate surface area is 332 Å². The molecule has 16 heteroatoms. The molecule has 0 spiro atoms. The minimum atomic E-state index is -0.721. The number of amides is 4. The number of aromatic nitrogens is 4. The number of thiophene rings is 2. The van der Waals surface area contributed by atoms with Gasteiger partial charge >= 0.3 is 12.2 Å². The van der Waals surface area contributed by atoms with Gasteiger partial charge in [0.15, 0.2) is 0 Å². The van der Waals surface area contributed by atoms with Gasteiger partial charge < -0.3 is 39.9 Å². The molecule has 1 fully saturated rings. The van der Waals surface area contributed by atoms with Crippen LogP contribution in [0, 0.1) is 11.8 Å². The zero-order valence-electron chi connectivity index (χ0n) is 32.1. The van der Waals surface area contributed by atoms with E-state index in [2.05, 4.69) is 67.0 Å². The van der Waals surface area contributed by atoms with Crippen molar-refractivity contribution in [3.63, 3.8) is 0 Å². The van der Waals surface area contributed by atoms with Gasteiger partial charge in [-0.3, -0.25) is 9.59 Å². The van der Waals surface area contributed by atoms with Crippen molar-refractivity contribution >= 4 is 56.1 Å². The van der Waals surface area contributed by atoms with E-state index in [4.69, 9.17) is 9.47 Å². The Kier molecular flexibility index (Phi) is 11.3. The van der Waals surface area contributed by atoms with E-state index in [1.165, 1.54) is 23.6 Å². The van der Waals surface area contributed by atoms with Crippen LogP contribution < -0.4 is 10.6 Å². The molecule has 2 aliphatic heterocycles. The van der Waals surface area contributed by atoms with Crippen LogP contribution in [0.4, 0.5) is 9.59 Å². The van der Waals surface area contributed by atoms with Crippen LogP contribution in [0.3, 0.4) is 0 Å². The van der Waals surface area contributed by atoms with Crippen molar-refractivity contribution in [1.82, 2.24) is 40.4 Å². The normalized spacial score (nSPS) is 17.9. The van der Waals surface area contributed by atoms with Crippen LogP contribution in [-0.2, 0) is 19.1 Å². The Hall–Kier alpha value is -5.48. The Morgan fingerprint density at radius 1 is 0.768 bits per heavy atom. The Balaban J connectivity index is 1.02. The minimum absolute atomic E-state index is 0.103. The maximum Gasteiger partial charge on any atom is 0.407 e. The summed E-state index contributed by atoms with van der Waals surface area (Å²) in [6.07, 6.45) is 7.88. The first kappa shape index (κ1) is 38.8. The van der Waals surface area contributed by atoms with Crippen molar-refractivity contribution in [2.45, 2.75) is 64.7 Å². The van der Waals surface area contributed by atoms with E-state index in [0.717, 1.165) is 50.9 Å². The van der Waals surface area contributed by atoms with Crippen molar-refractivity contribution in [3.8, 4) is 32.3 Å². The Bertz CT molecular complexity index is 2220. The molecule has 4 N–H and O–H groups in total. The SMILES string of the molecule is COC(=O)N[C@H](C(=O)N1CC=C[C@H]1c1ncc(-c2cc3sc(-c4ccc(-c5cnc([C@@H]6CCCN6C(=O)[C@@H](NC(=O)OC)C(C)C)[nH]5)cc4)cc3s2)[nH]1)C(C)C. The van der Waals surface area contributed by atoms with Crippen molar-refractivity contribution in [1.29, 1.82) is 0 Å². The Morgan fingerprint density at radius 3 is 1.96 bits per heavy atom. The molecule has 2 aliphatic rings. The summed E-state index contributed by atoms with van der Waals surface area (Å²) in [5.41, 5.74) is 3.84. The molecule has 0 unspecified atom stereocenters. The molecule has 294 valence electrons. The van der Waals surface area contributed by atoms with Crippen molar-refractivity contribution in [3.05, 3.63) is 72.6 Å². The molecule has 56 heavy (non-hydrogen) atoms. The van der Waals surface area contributed by atoms with Crippen LogP contribution in [0.15, 0.2) is 60.9 Å². The number of rotatable bonds is 11. The molecule has 4 atom stereocenters. The second-order valence-electron chi connectivity index (χ2n) is 14.7. The number of nitrogens with zero attached hydrogens (tertiary/aromatic N) is 4. The number of carbonyl (C=O) groups is 4. The van der Waals surface area contributed by atoms with E-state index in [1.807, 2.05) is 50.9 Å². The van der Waals surface area contributed by atoms with Gasteiger partial charge in [-0.25, -0.2) is 19.6 Å². The van der Waals surface area contributed by atoms with Gasteiger partial charge in [-0.1, -0.05) is 64.1 Å². The first-order valence-corrected chi connectivity index (χ1v) is 20.3. The molecular weight excluding hydrogens is 753 g/mol. The van der Waals surface area contributed by atoms with Crippen LogP contribution in [0.5, 0.6) is 0 Å². The van der Waals surface area contributed by atoms with Gasteiger partial charge in [0.2, 0.25) is 11.8 Å². The summed E-state index contributed by atoms with van der Waals surface area (Å²) in [5.74, 6) is 0.827. The lowest BCUT2D eigenvalue weighted by atomic mass is 10.0. The third kappa shape index (κ3) is 7.80. The molecule has 5 aromatic rings.